The van der Waals surface area contributed by atoms with Gasteiger partial charge < -0.3 is 5.32 Å². The normalized spacial score (nSPS) is 15.9. The van der Waals surface area contributed by atoms with Crippen molar-refractivity contribution in [2.45, 2.75) is 57.3 Å². The van der Waals surface area contributed by atoms with Gasteiger partial charge in [-0.1, -0.05) is 43.6 Å². The lowest BCUT2D eigenvalue weighted by atomic mass is 9.96. The Morgan fingerprint density at radius 1 is 1.38 bits per heavy atom. The van der Waals surface area contributed by atoms with Crippen LogP contribution < -0.4 is 5.32 Å². The molecule has 2 atom stereocenters. The van der Waals surface area contributed by atoms with Crippen molar-refractivity contribution in [3.05, 3.63) is 5.82 Å². The van der Waals surface area contributed by atoms with Crippen LogP contribution in [-0.2, 0) is 5.41 Å². The molecule has 0 aromatic carbocycles. The molecule has 0 saturated carbocycles. The smallest absolute Gasteiger partial charge is 0.202 e. The van der Waals surface area contributed by atoms with Crippen LogP contribution in [0.2, 0.25) is 0 Å². The molecule has 92 valence electrons. The number of hydrogen-bond acceptors (Lipinski definition) is 4. The number of nitrogens with one attached hydrogen (secondary N) is 1. The molecule has 0 spiro atoms. The lowest BCUT2D eigenvalue weighted by Gasteiger charge is -2.14. The molecule has 0 saturated heterocycles. The van der Waals surface area contributed by atoms with Crippen LogP contribution in [0.15, 0.2) is 0 Å². The van der Waals surface area contributed by atoms with Crippen LogP contribution in [0.5, 0.6) is 0 Å². The van der Waals surface area contributed by atoms with E-state index in [0.29, 0.717) is 10.9 Å². The van der Waals surface area contributed by atoms with Crippen molar-refractivity contribution in [2.24, 2.45) is 0 Å². The Hall–Kier alpha value is -0.160. The van der Waals surface area contributed by atoms with Crippen LogP contribution in [-0.4, -0.2) is 20.2 Å². The maximum Gasteiger partial charge on any atom is 0.202 e. The molecule has 0 radical (unpaired) electrons. The van der Waals surface area contributed by atoms with E-state index in [1.54, 1.807) is 0 Å². The lowest BCUT2D eigenvalue weighted by molar-refractivity contribution is 0.554. The van der Waals surface area contributed by atoms with Crippen LogP contribution in [0.4, 0.5) is 5.13 Å². The van der Waals surface area contributed by atoms with Gasteiger partial charge in [0.1, 0.15) is 5.82 Å². The third-order valence-electron chi connectivity index (χ3n) is 2.15. The summed E-state index contributed by atoms with van der Waals surface area (Å²) in [5.41, 5.74) is 0.0301. The second kappa shape index (κ2) is 5.45. The fraction of sp³-hybridized carbons (Fsp3) is 0.818. The highest BCUT2D eigenvalue weighted by Gasteiger charge is 2.20. The van der Waals surface area contributed by atoms with Gasteiger partial charge in [0.15, 0.2) is 0 Å². The zero-order valence-electron chi connectivity index (χ0n) is 10.5. The number of anilines is 1. The third kappa shape index (κ3) is 4.37. The fourth-order valence-corrected chi connectivity index (χ4v) is 2.77. The topological polar surface area (TPSA) is 37.8 Å². The van der Waals surface area contributed by atoms with E-state index >= 15 is 0 Å². The molecule has 16 heavy (non-hydrogen) atoms. The Morgan fingerprint density at radius 2 is 2.00 bits per heavy atom. The minimum Gasteiger partial charge on any atom is -0.358 e. The summed E-state index contributed by atoms with van der Waals surface area (Å²) in [5, 5.41) is 4.30. The van der Waals surface area contributed by atoms with Gasteiger partial charge in [0.25, 0.3) is 0 Å². The Labute approximate surface area is 110 Å². The Bertz CT molecular complexity index is 330. The van der Waals surface area contributed by atoms with Crippen molar-refractivity contribution < 1.29 is 0 Å². The fourth-order valence-electron chi connectivity index (χ4n) is 1.34. The Kier molecular flexibility index (Phi) is 4.73. The Balaban J connectivity index is 2.59. The van der Waals surface area contributed by atoms with Gasteiger partial charge in [-0.05, 0) is 13.3 Å². The van der Waals surface area contributed by atoms with Crippen molar-refractivity contribution in [1.82, 2.24) is 9.36 Å². The number of rotatable bonds is 4. The maximum absolute atomic E-state index is 4.51. The van der Waals surface area contributed by atoms with E-state index in [2.05, 4.69) is 65.2 Å². The highest BCUT2D eigenvalue weighted by molar-refractivity contribution is 9.09. The van der Waals surface area contributed by atoms with E-state index in [1.165, 1.54) is 11.5 Å². The van der Waals surface area contributed by atoms with E-state index in [1.807, 2.05) is 0 Å². The number of alkyl halides is 1. The van der Waals surface area contributed by atoms with Gasteiger partial charge in [-0.25, -0.2) is 4.98 Å². The second-order valence-electron chi connectivity index (χ2n) is 5.23. The zero-order chi connectivity index (χ0) is 12.3. The Morgan fingerprint density at radius 3 is 2.44 bits per heavy atom. The van der Waals surface area contributed by atoms with Crippen molar-refractivity contribution in [2.75, 3.05) is 5.32 Å². The van der Waals surface area contributed by atoms with E-state index in [0.717, 1.165) is 17.4 Å². The molecule has 1 aromatic rings. The van der Waals surface area contributed by atoms with Crippen molar-refractivity contribution in [3.8, 4) is 0 Å². The molecule has 2 unspecified atom stereocenters. The predicted molar refractivity (Wildman–Crippen MR) is 74.7 cm³/mol. The summed E-state index contributed by atoms with van der Waals surface area (Å²) in [6.45, 7) is 10.7. The summed E-state index contributed by atoms with van der Waals surface area (Å²) in [6, 6.07) is 0.412. The van der Waals surface area contributed by atoms with Crippen LogP contribution in [0, 0.1) is 0 Å². The van der Waals surface area contributed by atoms with Gasteiger partial charge in [-0.2, -0.15) is 4.37 Å². The predicted octanol–water partition coefficient (Wildman–Crippen LogP) is 3.81. The van der Waals surface area contributed by atoms with E-state index < -0.39 is 0 Å². The van der Waals surface area contributed by atoms with Gasteiger partial charge in [0, 0.05) is 27.8 Å². The zero-order valence-corrected chi connectivity index (χ0v) is 12.9. The van der Waals surface area contributed by atoms with Gasteiger partial charge in [0.05, 0.1) is 0 Å². The minimum atomic E-state index is 0.0301. The third-order valence-corrected chi connectivity index (χ3v) is 3.17. The minimum absolute atomic E-state index is 0.0301. The van der Waals surface area contributed by atoms with Gasteiger partial charge in [-0.3, -0.25) is 0 Å². The van der Waals surface area contributed by atoms with Crippen molar-refractivity contribution >= 4 is 32.6 Å². The molecule has 0 aliphatic carbocycles. The SMILES string of the molecule is CC(Br)CC(C)Nc1nc(C(C)(C)C)ns1. The first-order chi connectivity index (χ1) is 7.29. The number of aromatic nitrogens is 2. The van der Waals surface area contributed by atoms with Crippen molar-refractivity contribution in [3.63, 3.8) is 0 Å². The quantitative estimate of drug-likeness (QED) is 0.860. The molecule has 0 aliphatic rings. The monoisotopic (exact) mass is 305 g/mol. The van der Waals surface area contributed by atoms with E-state index in [4.69, 9.17) is 0 Å². The van der Waals surface area contributed by atoms with E-state index in [9.17, 15) is 0 Å². The molecular formula is C11H20BrN3S. The lowest BCUT2D eigenvalue weighted by Crippen LogP contribution is -2.19. The van der Waals surface area contributed by atoms with Gasteiger partial charge in [0.2, 0.25) is 5.13 Å². The highest BCUT2D eigenvalue weighted by atomic mass is 79.9. The van der Waals surface area contributed by atoms with Crippen LogP contribution in [0.3, 0.4) is 0 Å². The van der Waals surface area contributed by atoms with Crippen LogP contribution in [0.25, 0.3) is 0 Å². The summed E-state index contributed by atoms with van der Waals surface area (Å²) < 4.78 is 4.38. The summed E-state index contributed by atoms with van der Waals surface area (Å²) in [7, 11) is 0. The molecule has 1 N–H and O–H groups in total. The molecule has 5 heteroatoms. The highest BCUT2D eigenvalue weighted by Crippen LogP contribution is 2.23. The van der Waals surface area contributed by atoms with Crippen LogP contribution in [0.1, 0.15) is 46.9 Å². The number of hydrogen-bond donors (Lipinski definition) is 1. The number of halogens is 1. The van der Waals surface area contributed by atoms with Crippen LogP contribution >= 0.6 is 27.5 Å². The average Bonchev–Trinajstić information content (AvgIpc) is 2.49. The summed E-state index contributed by atoms with van der Waals surface area (Å²) in [5.74, 6) is 0.916. The number of nitrogens with zero attached hydrogens (tertiary/aromatic N) is 2. The molecular weight excluding hydrogens is 286 g/mol. The van der Waals surface area contributed by atoms with E-state index in [-0.39, 0.29) is 5.41 Å². The second-order valence-corrected chi connectivity index (χ2v) is 7.55. The molecule has 1 rings (SSSR count). The molecule has 1 heterocycles. The first kappa shape index (κ1) is 13.9. The van der Waals surface area contributed by atoms with Gasteiger partial charge >= 0.3 is 0 Å². The molecule has 0 bridgehead atoms. The summed E-state index contributed by atoms with van der Waals surface area (Å²) >= 11 is 5.00. The standard InChI is InChI=1S/C11H20BrN3S/c1-7(12)6-8(2)13-10-14-9(15-16-10)11(3,4)5/h7-8H,6H2,1-5H3,(H,13,14,15). The van der Waals surface area contributed by atoms with Gasteiger partial charge in [-0.15, -0.1) is 0 Å². The largest absolute Gasteiger partial charge is 0.358 e. The average molecular weight is 306 g/mol. The molecule has 0 amide bonds. The summed E-state index contributed by atoms with van der Waals surface area (Å²) in [6.07, 6.45) is 1.07. The first-order valence-corrected chi connectivity index (χ1v) is 7.22. The molecule has 0 aliphatic heterocycles. The summed E-state index contributed by atoms with van der Waals surface area (Å²) in [4.78, 5) is 5.03. The maximum atomic E-state index is 4.51. The molecule has 0 fully saturated rings. The van der Waals surface area contributed by atoms with Crippen molar-refractivity contribution in [1.29, 1.82) is 0 Å². The molecule has 3 nitrogen and oxygen atoms in total. The first-order valence-electron chi connectivity index (χ1n) is 5.54. The molecule has 1 aromatic heterocycles.